The average molecular weight is 313 g/mol. The van der Waals surface area contributed by atoms with E-state index in [4.69, 9.17) is 4.78 Å². The number of nitrogens with zero attached hydrogens (tertiary/aromatic N) is 2. The van der Waals surface area contributed by atoms with Gasteiger partial charge in [-0.1, -0.05) is 30.0 Å². The van der Waals surface area contributed by atoms with Crippen molar-refractivity contribution in [1.82, 2.24) is 0 Å². The van der Waals surface area contributed by atoms with Crippen molar-refractivity contribution >= 4 is 33.4 Å². The molecule has 0 saturated carbocycles. The molecular formula is C13H19N3O4S. The van der Waals surface area contributed by atoms with Crippen molar-refractivity contribution in [1.29, 1.82) is 4.78 Å². The highest BCUT2D eigenvalue weighted by atomic mass is 32.2. The second-order valence-corrected chi connectivity index (χ2v) is 6.64. The fourth-order valence-corrected chi connectivity index (χ4v) is 3.58. The number of rotatable bonds is 1. The molecule has 0 aromatic heterocycles. The van der Waals surface area contributed by atoms with Crippen LogP contribution in [0.25, 0.3) is 0 Å². The zero-order chi connectivity index (χ0) is 15.2. The Hall–Kier alpha value is -1.57. The number of carbonyl (C=O) groups is 2. The minimum Gasteiger partial charge on any atom is -0.274 e. The normalized spacial score (nSPS) is 26.1. The lowest BCUT2D eigenvalue weighted by Crippen LogP contribution is -2.33. The first-order chi connectivity index (χ1) is 10.1. The van der Waals surface area contributed by atoms with Crippen LogP contribution in [-0.4, -0.2) is 28.4 Å². The van der Waals surface area contributed by atoms with Crippen LogP contribution in [0.2, 0.25) is 0 Å². The summed E-state index contributed by atoms with van der Waals surface area (Å²) in [4.78, 5) is 31.7. The highest BCUT2D eigenvalue weighted by Crippen LogP contribution is 2.21. The van der Waals surface area contributed by atoms with Gasteiger partial charge in [0, 0.05) is 6.92 Å². The third-order valence-corrected chi connectivity index (χ3v) is 4.87. The molecule has 116 valence electrons. The van der Waals surface area contributed by atoms with Gasteiger partial charge in [0.2, 0.25) is 0 Å². The van der Waals surface area contributed by atoms with Gasteiger partial charge in [0.05, 0.1) is 11.5 Å². The maximum absolute atomic E-state index is 12.1. The Balaban J connectivity index is 2.15. The Bertz CT molecular complexity index is 516. The Labute approximate surface area is 125 Å². The van der Waals surface area contributed by atoms with Gasteiger partial charge in [-0.3, -0.25) is 4.78 Å². The van der Waals surface area contributed by atoms with Crippen molar-refractivity contribution in [2.45, 2.75) is 45.4 Å². The predicted octanol–water partition coefficient (Wildman–Crippen LogP) is 2.13. The summed E-state index contributed by atoms with van der Waals surface area (Å²) in [5.74, 6) is -1.46. The van der Waals surface area contributed by atoms with Crippen LogP contribution < -0.4 is 0 Å². The highest BCUT2D eigenvalue weighted by Gasteiger charge is 2.31. The predicted molar refractivity (Wildman–Crippen MR) is 78.9 cm³/mol. The molecule has 0 aliphatic carbocycles. The average Bonchev–Trinajstić information content (AvgIpc) is 2.51. The molecule has 3 aliphatic rings. The minimum atomic E-state index is -0.730. The van der Waals surface area contributed by atoms with Crippen LogP contribution in [0.5, 0.6) is 0 Å². The molecule has 1 fully saturated rings. The molecule has 7 nitrogen and oxygen atoms in total. The molecule has 3 heterocycles. The topological polar surface area (TPSA) is 101 Å². The number of nitrogens with one attached hydrogen (secondary N) is 1. The zero-order valence-electron chi connectivity index (χ0n) is 12.0. The van der Waals surface area contributed by atoms with Gasteiger partial charge in [-0.15, -0.1) is 5.10 Å². The summed E-state index contributed by atoms with van der Waals surface area (Å²) in [6, 6.07) is 0. The van der Waals surface area contributed by atoms with Gasteiger partial charge in [0.1, 0.15) is 11.0 Å². The van der Waals surface area contributed by atoms with E-state index in [1.807, 2.05) is 0 Å². The van der Waals surface area contributed by atoms with Gasteiger partial charge in [-0.2, -0.15) is 5.10 Å². The smallest absolute Gasteiger partial charge is 0.274 e. The van der Waals surface area contributed by atoms with E-state index in [2.05, 4.69) is 20.0 Å². The molecule has 0 radical (unpaired) electrons. The van der Waals surface area contributed by atoms with Crippen molar-refractivity contribution in [2.75, 3.05) is 5.75 Å². The van der Waals surface area contributed by atoms with E-state index in [-0.39, 0.29) is 0 Å². The molecular weight excluding hydrogens is 294 g/mol. The molecule has 0 aromatic rings. The molecule has 21 heavy (non-hydrogen) atoms. The summed E-state index contributed by atoms with van der Waals surface area (Å²) < 4.78 is 8.12. The molecule has 3 aliphatic heterocycles. The van der Waals surface area contributed by atoms with Crippen LogP contribution in [0.3, 0.4) is 0 Å². The standard InChI is InChI=1S/C13H19N3O4S/c1-9(17)19-20-13(18)10-6-4-2-3-5-7-12-16-15-11(10)8-21(12)14/h10,14H,2-8H2,1H3. The SMILES string of the molecule is CC(=O)OOC(=O)C1CCCCCCC2=NN=C1CS2=N. The van der Waals surface area contributed by atoms with Crippen LogP contribution in [-0.2, 0) is 30.1 Å². The zero-order valence-corrected chi connectivity index (χ0v) is 12.8. The summed E-state index contributed by atoms with van der Waals surface area (Å²) in [5.41, 5.74) is 0.566. The Morgan fingerprint density at radius 3 is 2.67 bits per heavy atom. The molecule has 0 amide bonds. The fraction of sp³-hybridized carbons (Fsp3) is 0.692. The van der Waals surface area contributed by atoms with Gasteiger partial charge >= 0.3 is 11.9 Å². The van der Waals surface area contributed by atoms with E-state index in [1.165, 1.54) is 6.92 Å². The number of fused-ring (bicyclic) bond motifs is 8. The number of carbonyl (C=O) groups excluding carboxylic acids is 2. The van der Waals surface area contributed by atoms with Crippen molar-refractivity contribution in [3.05, 3.63) is 0 Å². The Morgan fingerprint density at radius 1 is 1.19 bits per heavy atom. The molecule has 3 rings (SSSR count). The maximum Gasteiger partial charge on any atom is 0.364 e. The van der Waals surface area contributed by atoms with Gasteiger partial charge in [-0.25, -0.2) is 19.4 Å². The van der Waals surface area contributed by atoms with Gasteiger partial charge in [0.25, 0.3) is 0 Å². The van der Waals surface area contributed by atoms with Crippen LogP contribution in [0.15, 0.2) is 10.2 Å². The molecule has 0 spiro atoms. The molecule has 2 atom stereocenters. The second-order valence-electron chi connectivity index (χ2n) is 5.10. The lowest BCUT2D eigenvalue weighted by molar-refractivity contribution is -0.259. The van der Waals surface area contributed by atoms with E-state index in [0.717, 1.165) is 37.1 Å². The Kier molecular flexibility index (Phi) is 5.60. The summed E-state index contributed by atoms with van der Waals surface area (Å²) in [7, 11) is -0.730. The molecule has 1 saturated heterocycles. The molecule has 2 unspecified atom stereocenters. The van der Waals surface area contributed by atoms with Gasteiger partial charge in [0.15, 0.2) is 0 Å². The van der Waals surface area contributed by atoms with E-state index in [0.29, 0.717) is 17.9 Å². The first-order valence-corrected chi connectivity index (χ1v) is 8.41. The summed E-state index contributed by atoms with van der Waals surface area (Å²) in [5, 5.41) is 9.06. The monoisotopic (exact) mass is 313 g/mol. The summed E-state index contributed by atoms with van der Waals surface area (Å²) in [6.07, 6.45) is 5.35. The van der Waals surface area contributed by atoms with Crippen LogP contribution in [0.4, 0.5) is 0 Å². The number of hydrogen-bond donors (Lipinski definition) is 1. The first kappa shape index (κ1) is 15.8. The van der Waals surface area contributed by atoms with Crippen LogP contribution >= 0.6 is 0 Å². The molecule has 2 bridgehead atoms. The lowest BCUT2D eigenvalue weighted by atomic mass is 9.96. The highest BCUT2D eigenvalue weighted by molar-refractivity contribution is 8.02. The molecule has 0 aromatic carbocycles. The van der Waals surface area contributed by atoms with Crippen molar-refractivity contribution in [3.63, 3.8) is 0 Å². The van der Waals surface area contributed by atoms with E-state index < -0.39 is 28.5 Å². The third-order valence-electron chi connectivity index (χ3n) is 3.43. The maximum atomic E-state index is 12.1. The second kappa shape index (κ2) is 7.44. The van der Waals surface area contributed by atoms with Gasteiger partial charge in [-0.05, 0) is 19.3 Å². The summed E-state index contributed by atoms with van der Waals surface area (Å²) >= 11 is 0. The van der Waals surface area contributed by atoms with Gasteiger partial charge < -0.3 is 0 Å². The van der Waals surface area contributed by atoms with Crippen molar-refractivity contribution < 1.29 is 19.4 Å². The quantitative estimate of drug-likeness (QED) is 0.591. The molecule has 8 heteroatoms. The Morgan fingerprint density at radius 2 is 1.95 bits per heavy atom. The minimum absolute atomic E-state index is 0.415. The first-order valence-electron chi connectivity index (χ1n) is 7.02. The third kappa shape index (κ3) is 4.45. The van der Waals surface area contributed by atoms with Crippen molar-refractivity contribution in [3.8, 4) is 0 Å². The van der Waals surface area contributed by atoms with E-state index in [9.17, 15) is 9.59 Å². The van der Waals surface area contributed by atoms with E-state index in [1.54, 1.807) is 0 Å². The summed E-state index contributed by atoms with van der Waals surface area (Å²) in [6.45, 7) is 1.17. The fourth-order valence-electron chi connectivity index (χ4n) is 2.33. The van der Waals surface area contributed by atoms with E-state index >= 15 is 0 Å². The van der Waals surface area contributed by atoms with Crippen molar-refractivity contribution in [2.24, 2.45) is 16.1 Å². The largest absolute Gasteiger partial charge is 0.364 e. The number of hydrogen-bond acceptors (Lipinski definition) is 7. The lowest BCUT2D eigenvalue weighted by Gasteiger charge is -2.19. The van der Waals surface area contributed by atoms with Crippen LogP contribution in [0.1, 0.15) is 45.4 Å². The van der Waals surface area contributed by atoms with Crippen LogP contribution in [0, 0.1) is 10.7 Å². The molecule has 1 N–H and O–H groups in total.